The largest absolute Gasteiger partial charge is 0.378 e. The normalized spacial score (nSPS) is 21.2. The number of amides is 4. The zero-order valence-electron chi connectivity index (χ0n) is 17.1. The molecule has 0 spiro atoms. The molecule has 0 bridgehead atoms. The quantitative estimate of drug-likeness (QED) is 0.715. The maximum Gasteiger partial charge on any atom is 0.325 e. The second-order valence-electron chi connectivity index (χ2n) is 7.62. The van der Waals surface area contributed by atoms with Gasteiger partial charge in [0.15, 0.2) is 0 Å². The molecule has 1 atom stereocenters. The summed E-state index contributed by atoms with van der Waals surface area (Å²) in [7, 11) is 0. The van der Waals surface area contributed by atoms with Gasteiger partial charge in [-0.3, -0.25) is 14.5 Å². The van der Waals surface area contributed by atoms with Crippen LogP contribution in [0.2, 0.25) is 0 Å². The highest BCUT2D eigenvalue weighted by atomic mass is 19.1. The van der Waals surface area contributed by atoms with Crippen LogP contribution in [0.5, 0.6) is 0 Å². The van der Waals surface area contributed by atoms with Gasteiger partial charge in [-0.2, -0.15) is 0 Å². The van der Waals surface area contributed by atoms with Crippen molar-refractivity contribution in [2.24, 2.45) is 0 Å². The van der Waals surface area contributed by atoms with E-state index in [1.165, 1.54) is 31.2 Å². The molecule has 0 saturated carbocycles. The molecule has 2 fully saturated rings. The van der Waals surface area contributed by atoms with Gasteiger partial charge < -0.3 is 20.3 Å². The summed E-state index contributed by atoms with van der Waals surface area (Å²) in [5, 5.41) is 5.42. The summed E-state index contributed by atoms with van der Waals surface area (Å²) in [5.74, 6) is -1.51. The van der Waals surface area contributed by atoms with Crippen molar-refractivity contribution in [3.8, 4) is 0 Å². The van der Waals surface area contributed by atoms with E-state index in [1.54, 1.807) is 12.1 Å². The summed E-state index contributed by atoms with van der Waals surface area (Å²) in [6, 6.07) is 12.0. The van der Waals surface area contributed by atoms with E-state index in [1.807, 2.05) is 12.1 Å². The smallest absolute Gasteiger partial charge is 0.325 e. The second-order valence-corrected chi connectivity index (χ2v) is 7.62. The van der Waals surface area contributed by atoms with Gasteiger partial charge in [0.2, 0.25) is 5.91 Å². The molecule has 162 valence electrons. The van der Waals surface area contributed by atoms with Gasteiger partial charge in [0.1, 0.15) is 17.9 Å². The molecule has 0 aromatic heterocycles. The van der Waals surface area contributed by atoms with Crippen molar-refractivity contribution in [3.63, 3.8) is 0 Å². The first kappa shape index (κ1) is 20.8. The Morgan fingerprint density at radius 2 is 1.81 bits per heavy atom. The lowest BCUT2D eigenvalue weighted by molar-refractivity contribution is -0.133. The summed E-state index contributed by atoms with van der Waals surface area (Å²) in [5.41, 5.74) is 0.527. The third-order valence-electron chi connectivity index (χ3n) is 5.53. The van der Waals surface area contributed by atoms with Crippen molar-refractivity contribution < 1.29 is 23.5 Å². The number of hydrogen-bond donors (Lipinski definition) is 2. The van der Waals surface area contributed by atoms with Crippen molar-refractivity contribution in [2.75, 3.05) is 43.1 Å². The van der Waals surface area contributed by atoms with E-state index in [2.05, 4.69) is 15.5 Å². The highest BCUT2D eigenvalue weighted by Gasteiger charge is 2.49. The minimum atomic E-state index is -1.36. The van der Waals surface area contributed by atoms with Crippen LogP contribution in [-0.2, 0) is 19.9 Å². The minimum Gasteiger partial charge on any atom is -0.378 e. The van der Waals surface area contributed by atoms with E-state index >= 15 is 0 Å². The summed E-state index contributed by atoms with van der Waals surface area (Å²) < 4.78 is 18.6. The summed E-state index contributed by atoms with van der Waals surface area (Å²) >= 11 is 0. The molecule has 2 heterocycles. The Labute approximate surface area is 179 Å². The van der Waals surface area contributed by atoms with Crippen LogP contribution in [0, 0.1) is 5.82 Å². The number of carbonyl (C=O) groups is 3. The van der Waals surface area contributed by atoms with Gasteiger partial charge in [-0.05, 0) is 36.8 Å². The summed E-state index contributed by atoms with van der Waals surface area (Å²) in [4.78, 5) is 41.1. The number of carbonyl (C=O) groups excluding carboxylic acids is 3. The van der Waals surface area contributed by atoms with E-state index in [0.29, 0.717) is 37.6 Å². The van der Waals surface area contributed by atoms with Crippen LogP contribution in [0.4, 0.5) is 20.6 Å². The third-order valence-corrected chi connectivity index (χ3v) is 5.53. The predicted molar refractivity (Wildman–Crippen MR) is 112 cm³/mol. The zero-order valence-corrected chi connectivity index (χ0v) is 17.1. The van der Waals surface area contributed by atoms with Gasteiger partial charge in [-0.1, -0.05) is 24.3 Å². The molecule has 2 aromatic rings. The fraction of sp³-hybridized carbons (Fsp3) is 0.318. The molecule has 1 unspecified atom stereocenters. The van der Waals surface area contributed by atoms with Crippen molar-refractivity contribution in [1.82, 2.24) is 10.2 Å². The standard InChI is InChI=1S/C22H23FN4O4/c1-22(15-6-8-16(23)9-7-15)20(29)27(21(30)25-22)14-19(28)24-17-4-2-3-5-18(17)26-10-12-31-13-11-26/h2-9H,10-14H2,1H3,(H,24,28)(H,25,30). The van der Waals surface area contributed by atoms with Gasteiger partial charge in [-0.25, -0.2) is 9.18 Å². The Kier molecular flexibility index (Phi) is 5.60. The maximum atomic E-state index is 13.2. The first-order valence-corrected chi connectivity index (χ1v) is 10.0. The number of hydrogen-bond acceptors (Lipinski definition) is 5. The zero-order chi connectivity index (χ0) is 22.0. The topological polar surface area (TPSA) is 91.0 Å². The van der Waals surface area contributed by atoms with Crippen molar-refractivity contribution in [1.29, 1.82) is 0 Å². The molecule has 9 heteroatoms. The van der Waals surface area contributed by atoms with Crippen LogP contribution in [-0.4, -0.2) is 55.6 Å². The monoisotopic (exact) mass is 426 g/mol. The van der Waals surface area contributed by atoms with E-state index < -0.39 is 35.7 Å². The molecule has 2 N–H and O–H groups in total. The summed E-state index contributed by atoms with van der Waals surface area (Å²) in [6.45, 7) is 3.72. The molecule has 4 amide bonds. The Morgan fingerprint density at radius 1 is 1.13 bits per heavy atom. The number of rotatable bonds is 5. The Morgan fingerprint density at radius 3 is 2.52 bits per heavy atom. The molecule has 2 aliphatic heterocycles. The number of nitrogens with zero attached hydrogens (tertiary/aromatic N) is 2. The van der Waals surface area contributed by atoms with E-state index in [9.17, 15) is 18.8 Å². The molecule has 8 nitrogen and oxygen atoms in total. The van der Waals surface area contributed by atoms with Gasteiger partial charge in [0.25, 0.3) is 5.91 Å². The third kappa shape index (κ3) is 4.09. The molecular formula is C22H23FN4O4. The Bertz CT molecular complexity index is 1010. The van der Waals surface area contributed by atoms with Crippen LogP contribution in [0.25, 0.3) is 0 Å². The second kappa shape index (κ2) is 8.35. The fourth-order valence-corrected chi connectivity index (χ4v) is 3.81. The molecular weight excluding hydrogens is 403 g/mol. The van der Waals surface area contributed by atoms with Crippen LogP contribution >= 0.6 is 0 Å². The molecule has 4 rings (SSSR count). The molecule has 0 aliphatic carbocycles. The first-order valence-electron chi connectivity index (χ1n) is 10.0. The first-order chi connectivity index (χ1) is 14.9. The molecule has 2 aromatic carbocycles. The van der Waals surface area contributed by atoms with E-state index in [4.69, 9.17) is 4.74 Å². The predicted octanol–water partition coefficient (Wildman–Crippen LogP) is 2.07. The number of halogens is 1. The molecule has 2 aliphatic rings. The van der Waals surface area contributed by atoms with E-state index in [-0.39, 0.29) is 0 Å². The maximum absolute atomic E-state index is 13.2. The van der Waals surface area contributed by atoms with Crippen molar-refractivity contribution in [2.45, 2.75) is 12.5 Å². The van der Waals surface area contributed by atoms with Crippen molar-refractivity contribution >= 4 is 29.2 Å². The van der Waals surface area contributed by atoms with Gasteiger partial charge >= 0.3 is 6.03 Å². The lowest BCUT2D eigenvalue weighted by Crippen LogP contribution is -2.42. The number of morpholine rings is 1. The van der Waals surface area contributed by atoms with Crippen LogP contribution in [0.15, 0.2) is 48.5 Å². The molecule has 0 radical (unpaired) electrons. The summed E-state index contributed by atoms with van der Waals surface area (Å²) in [6.07, 6.45) is 0. The number of ether oxygens (including phenoxy) is 1. The van der Waals surface area contributed by atoms with Gasteiger partial charge in [0.05, 0.1) is 24.6 Å². The lowest BCUT2D eigenvalue weighted by Gasteiger charge is -2.30. The van der Waals surface area contributed by atoms with Crippen molar-refractivity contribution in [3.05, 3.63) is 59.9 Å². The average molecular weight is 426 g/mol. The molecule has 31 heavy (non-hydrogen) atoms. The van der Waals surface area contributed by atoms with Gasteiger partial charge in [0, 0.05) is 13.1 Å². The Balaban J connectivity index is 1.47. The highest BCUT2D eigenvalue weighted by molar-refractivity contribution is 6.10. The minimum absolute atomic E-state index is 0.432. The number of nitrogens with one attached hydrogen (secondary N) is 2. The number of benzene rings is 2. The lowest BCUT2D eigenvalue weighted by atomic mass is 9.92. The number of urea groups is 1. The van der Waals surface area contributed by atoms with Gasteiger partial charge in [-0.15, -0.1) is 0 Å². The SMILES string of the molecule is CC1(c2ccc(F)cc2)NC(=O)N(CC(=O)Nc2ccccc2N2CCOCC2)C1=O. The molecule has 2 saturated heterocycles. The van der Waals surface area contributed by atoms with E-state index in [0.717, 1.165) is 10.6 Å². The Hall–Kier alpha value is -3.46. The highest BCUT2D eigenvalue weighted by Crippen LogP contribution is 2.30. The number of imide groups is 1. The fourth-order valence-electron chi connectivity index (χ4n) is 3.81. The number of para-hydroxylation sites is 2. The number of anilines is 2. The van der Waals surface area contributed by atoms with Crippen LogP contribution in [0.3, 0.4) is 0 Å². The van der Waals surface area contributed by atoms with Crippen LogP contribution < -0.4 is 15.5 Å². The van der Waals surface area contributed by atoms with Crippen LogP contribution in [0.1, 0.15) is 12.5 Å². The average Bonchev–Trinajstić information content (AvgIpc) is 2.99.